The van der Waals surface area contributed by atoms with Gasteiger partial charge in [0.1, 0.15) is 29.3 Å². The van der Waals surface area contributed by atoms with Gasteiger partial charge in [-0.05, 0) is 48.2 Å². The van der Waals surface area contributed by atoms with E-state index in [2.05, 4.69) is 15.7 Å². The third kappa shape index (κ3) is 4.29. The van der Waals surface area contributed by atoms with Crippen LogP contribution in [0.2, 0.25) is 0 Å². The van der Waals surface area contributed by atoms with Gasteiger partial charge in [0.25, 0.3) is 11.5 Å². The Balaban J connectivity index is 1.83. The van der Waals surface area contributed by atoms with Crippen molar-refractivity contribution in [3.8, 4) is 11.5 Å². The Labute approximate surface area is 181 Å². The van der Waals surface area contributed by atoms with Gasteiger partial charge in [0.15, 0.2) is 0 Å². The van der Waals surface area contributed by atoms with Crippen LogP contribution in [-0.2, 0) is 11.3 Å². The van der Waals surface area contributed by atoms with Crippen molar-refractivity contribution < 1.29 is 14.3 Å². The van der Waals surface area contributed by atoms with Crippen LogP contribution >= 0.6 is 0 Å². The summed E-state index contributed by atoms with van der Waals surface area (Å²) in [6, 6.07) is 13.9. The number of fused-ring (bicyclic) bond motifs is 1. The molecule has 0 bridgehead atoms. The van der Waals surface area contributed by atoms with Gasteiger partial charge in [-0.3, -0.25) is 14.4 Å². The van der Waals surface area contributed by atoms with Gasteiger partial charge in [-0.25, -0.2) is 0 Å². The number of aromatic nitrogens is 1. The fourth-order valence-electron chi connectivity index (χ4n) is 3.42. The first-order valence-corrected chi connectivity index (χ1v) is 9.93. The van der Waals surface area contributed by atoms with Crippen LogP contribution in [0.25, 0.3) is 10.9 Å². The molecule has 32 heavy (non-hydrogen) atoms. The molecule has 1 aromatic heterocycles. The molecule has 10 nitrogen and oxygen atoms in total. The van der Waals surface area contributed by atoms with Gasteiger partial charge in [-0.1, -0.05) is 18.2 Å². The number of para-hydroxylation sites is 1. The van der Waals surface area contributed by atoms with E-state index in [0.717, 1.165) is 12.8 Å². The van der Waals surface area contributed by atoms with Crippen molar-refractivity contribution in [3.05, 3.63) is 74.3 Å². The number of nitrogens with zero attached hydrogens (tertiary/aromatic N) is 3. The van der Waals surface area contributed by atoms with Crippen LogP contribution in [0, 0.1) is 15.7 Å². The van der Waals surface area contributed by atoms with Gasteiger partial charge < -0.3 is 14.6 Å². The first kappa shape index (κ1) is 21.0. The summed E-state index contributed by atoms with van der Waals surface area (Å²) in [4.78, 5) is 58.9. The van der Waals surface area contributed by atoms with E-state index in [-0.39, 0.29) is 11.6 Å². The second-order valence-electron chi connectivity index (χ2n) is 7.44. The molecule has 1 fully saturated rings. The van der Waals surface area contributed by atoms with Gasteiger partial charge >= 0.3 is 5.91 Å². The number of rotatable bonds is 8. The van der Waals surface area contributed by atoms with E-state index in [0.29, 0.717) is 28.9 Å². The standard InChI is InChI=1S/C22H18N4O6/c27-18(24-30)11-23-21(28)19-20(25-31)16-9-8-15(32-14-4-2-1-3-5-14)10-17(16)26(22(19)29)12-13-6-7-13/h1-5,8-10,13H,6-7,11-12H2,(H,23,28). The van der Waals surface area contributed by atoms with Gasteiger partial charge in [-0.15, -0.1) is 9.81 Å². The van der Waals surface area contributed by atoms with Crippen LogP contribution in [0.1, 0.15) is 23.2 Å². The average molecular weight is 434 g/mol. The van der Waals surface area contributed by atoms with Crippen molar-refractivity contribution in [1.29, 1.82) is 0 Å². The number of benzene rings is 2. The largest absolute Gasteiger partial charge is 0.457 e. The Morgan fingerprint density at radius 1 is 1.06 bits per heavy atom. The number of hydrogen-bond donors (Lipinski definition) is 1. The molecule has 3 aromatic rings. The number of pyridine rings is 1. The quantitative estimate of drug-likeness (QED) is 0.538. The van der Waals surface area contributed by atoms with Crippen LogP contribution in [0.15, 0.2) is 63.7 Å². The lowest BCUT2D eigenvalue weighted by Crippen LogP contribution is -2.36. The summed E-state index contributed by atoms with van der Waals surface area (Å²) in [5, 5.41) is 7.58. The zero-order valence-corrected chi connectivity index (χ0v) is 16.8. The first-order chi connectivity index (χ1) is 15.5. The SMILES string of the molecule is O=NC(=O)CNC(=O)c1c(N=O)c2ccc(Oc3ccccc3)cc2n(CC2CC2)c1=O. The normalized spacial score (nSPS) is 12.9. The number of carbonyl (C=O) groups is 2. The monoisotopic (exact) mass is 434 g/mol. The Bertz CT molecular complexity index is 1280. The number of nitrogens with one attached hydrogen (secondary N) is 1. The Kier molecular flexibility index (Phi) is 5.84. The number of carbonyl (C=O) groups excluding carboxylic acids is 2. The van der Waals surface area contributed by atoms with Crippen LogP contribution in [0.4, 0.5) is 5.69 Å². The lowest BCUT2D eigenvalue weighted by atomic mass is 10.1. The van der Waals surface area contributed by atoms with Crippen molar-refractivity contribution >= 4 is 28.4 Å². The van der Waals surface area contributed by atoms with E-state index in [1.165, 1.54) is 4.57 Å². The molecule has 10 heteroatoms. The summed E-state index contributed by atoms with van der Waals surface area (Å²) in [6.45, 7) is -0.330. The molecule has 1 N–H and O–H groups in total. The molecule has 2 aromatic carbocycles. The topological polar surface area (TPSA) is 136 Å². The third-order valence-electron chi connectivity index (χ3n) is 5.15. The number of amides is 2. The zero-order valence-electron chi connectivity index (χ0n) is 16.8. The minimum absolute atomic E-state index is 0.279. The molecule has 1 aliphatic carbocycles. The molecule has 0 radical (unpaired) electrons. The second-order valence-corrected chi connectivity index (χ2v) is 7.44. The molecule has 1 heterocycles. The maximum absolute atomic E-state index is 13.2. The lowest BCUT2D eigenvalue weighted by molar-refractivity contribution is -0.117. The highest BCUT2D eigenvalue weighted by atomic mass is 16.5. The lowest BCUT2D eigenvalue weighted by Gasteiger charge is -2.15. The summed E-state index contributed by atoms with van der Waals surface area (Å²) in [5.74, 6) is -0.759. The van der Waals surface area contributed by atoms with E-state index in [9.17, 15) is 24.2 Å². The fraction of sp³-hybridized carbons (Fsp3) is 0.227. The van der Waals surface area contributed by atoms with Gasteiger partial charge in [0.2, 0.25) is 0 Å². The van der Waals surface area contributed by atoms with E-state index in [1.54, 1.807) is 30.3 Å². The number of nitroso groups, excluding NO2 is 2. The van der Waals surface area contributed by atoms with Gasteiger partial charge in [0, 0.05) is 23.2 Å². The van der Waals surface area contributed by atoms with E-state index in [1.807, 2.05) is 18.2 Å². The minimum atomic E-state index is -1.11. The van der Waals surface area contributed by atoms with E-state index >= 15 is 0 Å². The highest BCUT2D eigenvalue weighted by Crippen LogP contribution is 2.35. The van der Waals surface area contributed by atoms with Gasteiger partial charge in [0.05, 0.1) is 5.52 Å². The second kappa shape index (κ2) is 8.88. The molecule has 4 rings (SSSR count). The zero-order chi connectivity index (χ0) is 22.7. The van der Waals surface area contributed by atoms with Crippen LogP contribution < -0.4 is 15.6 Å². The Morgan fingerprint density at radius 3 is 2.47 bits per heavy atom. The molecule has 0 spiro atoms. The third-order valence-corrected chi connectivity index (χ3v) is 5.15. The van der Waals surface area contributed by atoms with Crippen molar-refractivity contribution in [1.82, 2.24) is 9.88 Å². The molecule has 0 aliphatic heterocycles. The Morgan fingerprint density at radius 2 is 1.81 bits per heavy atom. The molecular formula is C22H18N4O6. The maximum atomic E-state index is 13.2. The van der Waals surface area contributed by atoms with Crippen molar-refractivity contribution in [2.45, 2.75) is 19.4 Å². The highest BCUT2D eigenvalue weighted by molar-refractivity contribution is 6.07. The summed E-state index contributed by atoms with van der Waals surface area (Å²) in [7, 11) is 0. The average Bonchev–Trinajstić information content (AvgIpc) is 3.63. The molecule has 1 saturated carbocycles. The molecule has 0 atom stereocenters. The summed E-state index contributed by atoms with van der Waals surface area (Å²) < 4.78 is 7.27. The van der Waals surface area contributed by atoms with Gasteiger partial charge in [-0.2, -0.15) is 0 Å². The molecule has 0 unspecified atom stereocenters. The van der Waals surface area contributed by atoms with E-state index in [4.69, 9.17) is 4.74 Å². The smallest absolute Gasteiger partial charge is 0.305 e. The predicted octanol–water partition coefficient (Wildman–Crippen LogP) is 3.62. The number of hydrogen-bond acceptors (Lipinski definition) is 7. The number of ether oxygens (including phenoxy) is 1. The Hall–Kier alpha value is -4.21. The summed E-state index contributed by atoms with van der Waals surface area (Å²) >= 11 is 0. The van der Waals surface area contributed by atoms with Crippen LogP contribution in [0.5, 0.6) is 11.5 Å². The molecule has 1 aliphatic rings. The van der Waals surface area contributed by atoms with Crippen LogP contribution in [-0.4, -0.2) is 22.9 Å². The van der Waals surface area contributed by atoms with E-state index < -0.39 is 29.5 Å². The first-order valence-electron chi connectivity index (χ1n) is 9.93. The predicted molar refractivity (Wildman–Crippen MR) is 116 cm³/mol. The summed E-state index contributed by atoms with van der Waals surface area (Å²) in [6.07, 6.45) is 1.89. The minimum Gasteiger partial charge on any atom is -0.457 e. The van der Waals surface area contributed by atoms with Crippen molar-refractivity contribution in [2.75, 3.05) is 6.54 Å². The van der Waals surface area contributed by atoms with Crippen LogP contribution in [0.3, 0.4) is 0 Å². The fourth-order valence-corrected chi connectivity index (χ4v) is 3.42. The summed E-state index contributed by atoms with van der Waals surface area (Å²) in [5.41, 5.74) is -1.12. The molecule has 0 saturated heterocycles. The highest BCUT2D eigenvalue weighted by Gasteiger charge is 2.28. The van der Waals surface area contributed by atoms with Crippen molar-refractivity contribution in [2.24, 2.45) is 16.3 Å². The maximum Gasteiger partial charge on any atom is 0.305 e. The molecular weight excluding hydrogens is 416 g/mol. The van der Waals surface area contributed by atoms with Crippen molar-refractivity contribution in [3.63, 3.8) is 0 Å². The molecule has 162 valence electrons. The molecule has 2 amide bonds.